The maximum absolute atomic E-state index is 4.90. The van der Waals surface area contributed by atoms with Crippen LogP contribution < -0.4 is 9.80 Å². The molecule has 0 radical (unpaired) electrons. The van der Waals surface area contributed by atoms with Gasteiger partial charge in [0, 0.05) is 22.9 Å². The summed E-state index contributed by atoms with van der Waals surface area (Å²) in [7, 11) is 0. The Morgan fingerprint density at radius 1 is 0.900 bits per heavy atom. The van der Waals surface area contributed by atoms with E-state index in [2.05, 4.69) is 79.4 Å². The lowest BCUT2D eigenvalue weighted by Gasteiger charge is -2.33. The number of hydrogen-bond acceptors (Lipinski definition) is 3. The molecule has 1 saturated heterocycles. The summed E-state index contributed by atoms with van der Waals surface area (Å²) in [4.78, 5) is 8.98. The number of quaternary nitrogens is 1. The quantitative estimate of drug-likeness (QED) is 0.574. The first-order chi connectivity index (χ1) is 14.7. The minimum absolute atomic E-state index is 0.952. The van der Waals surface area contributed by atoms with Crippen molar-refractivity contribution in [1.29, 1.82) is 0 Å². The van der Waals surface area contributed by atoms with Gasteiger partial charge in [0.1, 0.15) is 12.4 Å². The molecule has 1 fully saturated rings. The molecule has 0 unspecified atom stereocenters. The molecular weight excluding hydrogens is 370 g/mol. The number of anilines is 1. The molecule has 1 aliphatic rings. The molecule has 0 amide bonds. The fraction of sp³-hybridized carbons (Fsp3) is 0.280. The van der Waals surface area contributed by atoms with E-state index in [1.165, 1.54) is 11.1 Å². The summed E-state index contributed by atoms with van der Waals surface area (Å²) in [5, 5.41) is 4.90. The summed E-state index contributed by atoms with van der Waals surface area (Å²) in [5.41, 5.74) is 6.73. The van der Waals surface area contributed by atoms with Crippen molar-refractivity contribution in [3.05, 3.63) is 83.7 Å². The van der Waals surface area contributed by atoms with E-state index >= 15 is 0 Å². The van der Waals surface area contributed by atoms with Crippen molar-refractivity contribution in [1.82, 2.24) is 14.6 Å². The Kier molecular flexibility index (Phi) is 4.97. The normalized spacial score (nSPS) is 15.1. The van der Waals surface area contributed by atoms with Crippen molar-refractivity contribution in [2.75, 3.05) is 31.1 Å². The summed E-state index contributed by atoms with van der Waals surface area (Å²) < 4.78 is 2.05. The van der Waals surface area contributed by atoms with E-state index in [0.717, 1.165) is 61.1 Å². The maximum Gasteiger partial charge on any atom is 0.165 e. The Labute approximate surface area is 177 Å². The average Bonchev–Trinajstić information content (AvgIpc) is 3.10. The van der Waals surface area contributed by atoms with Crippen molar-refractivity contribution in [3.63, 3.8) is 0 Å². The molecule has 4 aromatic rings. The molecule has 152 valence electrons. The molecule has 3 heterocycles. The van der Waals surface area contributed by atoms with Gasteiger partial charge in [-0.15, -0.1) is 0 Å². The van der Waals surface area contributed by atoms with Gasteiger partial charge in [0.25, 0.3) is 0 Å². The Bertz CT molecular complexity index is 1140. The smallest absolute Gasteiger partial charge is 0.165 e. The number of aromatic nitrogens is 3. The minimum atomic E-state index is 0.952. The minimum Gasteiger partial charge on any atom is -0.345 e. The standard InChI is InChI=1S/C25H27N5/c1-19-17-23(29-15-13-28(14-16-29)18-21-9-5-3-6-10-21)30-25(26-19)24(20(2)27-30)22-11-7-4-8-12-22/h3-12,17H,13-16,18H2,1-2H3/p+1. The van der Waals surface area contributed by atoms with E-state index < -0.39 is 0 Å². The van der Waals surface area contributed by atoms with E-state index in [4.69, 9.17) is 10.1 Å². The molecule has 2 aromatic carbocycles. The van der Waals surface area contributed by atoms with Gasteiger partial charge < -0.3 is 9.80 Å². The summed E-state index contributed by atoms with van der Waals surface area (Å²) in [6, 6.07) is 23.5. The first-order valence-electron chi connectivity index (χ1n) is 10.7. The van der Waals surface area contributed by atoms with Gasteiger partial charge in [-0.05, 0) is 19.4 Å². The van der Waals surface area contributed by atoms with Crippen LogP contribution in [-0.4, -0.2) is 40.8 Å². The topological polar surface area (TPSA) is 37.9 Å². The number of rotatable bonds is 4. The highest BCUT2D eigenvalue weighted by atomic mass is 15.4. The monoisotopic (exact) mass is 398 g/mol. The number of hydrogen-bond donors (Lipinski definition) is 1. The second-order valence-corrected chi connectivity index (χ2v) is 8.22. The molecular formula is C25H28N5+. The van der Waals surface area contributed by atoms with Crippen LogP contribution in [0.5, 0.6) is 0 Å². The lowest BCUT2D eigenvalue weighted by Crippen LogP contribution is -3.13. The fourth-order valence-electron chi connectivity index (χ4n) is 4.51. The SMILES string of the molecule is Cc1cc(N2CC[NH+](Cc3ccccc3)CC2)n2nc(C)c(-c3ccccc3)c2n1. The van der Waals surface area contributed by atoms with E-state index in [0.29, 0.717) is 0 Å². The number of nitrogens with one attached hydrogen (secondary N) is 1. The van der Waals surface area contributed by atoms with Crippen molar-refractivity contribution in [3.8, 4) is 11.1 Å². The lowest BCUT2D eigenvalue weighted by molar-refractivity contribution is -0.914. The molecule has 0 atom stereocenters. The van der Waals surface area contributed by atoms with Crippen molar-refractivity contribution >= 4 is 11.5 Å². The van der Waals surface area contributed by atoms with Crippen LogP contribution in [-0.2, 0) is 6.54 Å². The Hall–Kier alpha value is -3.18. The summed E-state index contributed by atoms with van der Waals surface area (Å²) in [6.07, 6.45) is 0. The zero-order chi connectivity index (χ0) is 20.5. The van der Waals surface area contributed by atoms with E-state index in [-0.39, 0.29) is 0 Å². The zero-order valence-electron chi connectivity index (χ0n) is 17.7. The van der Waals surface area contributed by atoms with Crippen molar-refractivity contribution in [2.45, 2.75) is 20.4 Å². The number of piperazine rings is 1. The second-order valence-electron chi connectivity index (χ2n) is 8.22. The summed E-state index contributed by atoms with van der Waals surface area (Å²) in [6.45, 7) is 9.57. The van der Waals surface area contributed by atoms with Gasteiger partial charge in [0.2, 0.25) is 0 Å². The Balaban J connectivity index is 1.43. The van der Waals surface area contributed by atoms with Crippen LogP contribution in [0.3, 0.4) is 0 Å². The predicted octanol–water partition coefficient (Wildman–Crippen LogP) is 2.92. The predicted molar refractivity (Wildman–Crippen MR) is 121 cm³/mol. The molecule has 5 nitrogen and oxygen atoms in total. The molecule has 5 rings (SSSR count). The average molecular weight is 399 g/mol. The number of fused-ring (bicyclic) bond motifs is 1. The highest BCUT2D eigenvalue weighted by molar-refractivity contribution is 5.81. The fourth-order valence-corrected chi connectivity index (χ4v) is 4.51. The van der Waals surface area contributed by atoms with Crippen LogP contribution in [0.4, 0.5) is 5.82 Å². The number of nitrogens with zero attached hydrogens (tertiary/aromatic N) is 4. The van der Waals surface area contributed by atoms with Crippen LogP contribution in [0.25, 0.3) is 16.8 Å². The third kappa shape index (κ3) is 3.57. The first-order valence-corrected chi connectivity index (χ1v) is 10.7. The molecule has 0 spiro atoms. The van der Waals surface area contributed by atoms with E-state index in [1.807, 2.05) is 10.6 Å². The highest BCUT2D eigenvalue weighted by Crippen LogP contribution is 2.30. The third-order valence-corrected chi connectivity index (χ3v) is 6.03. The molecule has 0 bridgehead atoms. The van der Waals surface area contributed by atoms with Crippen LogP contribution >= 0.6 is 0 Å². The Morgan fingerprint density at radius 2 is 1.57 bits per heavy atom. The van der Waals surface area contributed by atoms with E-state index in [9.17, 15) is 0 Å². The Morgan fingerprint density at radius 3 is 2.27 bits per heavy atom. The molecule has 1 N–H and O–H groups in total. The summed E-state index contributed by atoms with van der Waals surface area (Å²) in [5.74, 6) is 1.15. The zero-order valence-corrected chi connectivity index (χ0v) is 17.7. The molecule has 5 heteroatoms. The van der Waals surface area contributed by atoms with Gasteiger partial charge in [-0.1, -0.05) is 60.7 Å². The summed E-state index contributed by atoms with van der Waals surface area (Å²) >= 11 is 0. The van der Waals surface area contributed by atoms with Gasteiger partial charge >= 0.3 is 0 Å². The van der Waals surface area contributed by atoms with Gasteiger partial charge in [0.15, 0.2) is 5.65 Å². The van der Waals surface area contributed by atoms with Crippen LogP contribution in [0, 0.1) is 13.8 Å². The molecule has 1 aliphatic heterocycles. The first kappa shape index (κ1) is 18.8. The molecule has 0 aliphatic carbocycles. The van der Waals surface area contributed by atoms with Crippen LogP contribution in [0.2, 0.25) is 0 Å². The number of aryl methyl sites for hydroxylation is 2. The largest absolute Gasteiger partial charge is 0.345 e. The lowest BCUT2D eigenvalue weighted by atomic mass is 10.1. The second kappa shape index (κ2) is 7.92. The van der Waals surface area contributed by atoms with Crippen LogP contribution in [0.1, 0.15) is 17.0 Å². The molecule has 2 aromatic heterocycles. The molecule has 30 heavy (non-hydrogen) atoms. The van der Waals surface area contributed by atoms with Gasteiger partial charge in [0.05, 0.1) is 31.9 Å². The highest BCUT2D eigenvalue weighted by Gasteiger charge is 2.24. The van der Waals surface area contributed by atoms with Gasteiger partial charge in [-0.25, -0.2) is 4.98 Å². The maximum atomic E-state index is 4.90. The van der Waals surface area contributed by atoms with Crippen molar-refractivity contribution < 1.29 is 4.90 Å². The molecule has 0 saturated carbocycles. The third-order valence-electron chi connectivity index (χ3n) is 6.03. The van der Waals surface area contributed by atoms with Gasteiger partial charge in [-0.3, -0.25) is 0 Å². The number of benzene rings is 2. The van der Waals surface area contributed by atoms with Gasteiger partial charge in [-0.2, -0.15) is 9.61 Å². The van der Waals surface area contributed by atoms with E-state index in [1.54, 1.807) is 4.90 Å². The van der Waals surface area contributed by atoms with Crippen LogP contribution in [0.15, 0.2) is 66.7 Å². The van der Waals surface area contributed by atoms with Crippen molar-refractivity contribution in [2.24, 2.45) is 0 Å².